The molecule has 0 amide bonds. The van der Waals surface area contributed by atoms with E-state index in [4.69, 9.17) is 17.3 Å². The Labute approximate surface area is 61.3 Å². The van der Waals surface area contributed by atoms with E-state index in [2.05, 4.69) is 0 Å². The standard InChI is InChI=1S/C5H7ClF3N/c1-3(10)2-4(7,8)5(3,6)9/h2,10H2,1H3/t3-,5-/m1/s1. The van der Waals surface area contributed by atoms with Gasteiger partial charge in [-0.3, -0.25) is 0 Å². The third-order valence-electron chi connectivity index (χ3n) is 1.77. The molecule has 1 aliphatic carbocycles. The van der Waals surface area contributed by atoms with Crippen molar-refractivity contribution in [2.75, 3.05) is 0 Å². The number of nitrogens with two attached hydrogens (primary N) is 1. The molecule has 0 bridgehead atoms. The summed E-state index contributed by atoms with van der Waals surface area (Å²) >= 11 is 4.85. The van der Waals surface area contributed by atoms with Gasteiger partial charge < -0.3 is 5.73 Å². The molecule has 0 saturated heterocycles. The minimum Gasteiger partial charge on any atom is -0.321 e. The van der Waals surface area contributed by atoms with Gasteiger partial charge in [0.05, 0.1) is 5.54 Å². The second kappa shape index (κ2) is 1.61. The molecule has 0 heterocycles. The van der Waals surface area contributed by atoms with Gasteiger partial charge in [-0.25, -0.2) is 13.2 Å². The van der Waals surface area contributed by atoms with Gasteiger partial charge in [-0.15, -0.1) is 0 Å². The molecule has 2 atom stereocenters. The van der Waals surface area contributed by atoms with E-state index in [-0.39, 0.29) is 0 Å². The van der Waals surface area contributed by atoms with E-state index in [1.165, 1.54) is 0 Å². The highest BCUT2D eigenvalue weighted by Crippen LogP contribution is 2.57. The van der Waals surface area contributed by atoms with Crippen LogP contribution in [0.15, 0.2) is 0 Å². The lowest BCUT2D eigenvalue weighted by molar-refractivity contribution is -0.212. The highest BCUT2D eigenvalue weighted by Gasteiger charge is 2.74. The number of halogens is 4. The lowest BCUT2D eigenvalue weighted by Gasteiger charge is -2.51. The normalized spacial score (nSPS) is 52.2. The summed E-state index contributed by atoms with van der Waals surface area (Å²) in [5.74, 6) is -3.47. The van der Waals surface area contributed by atoms with Crippen molar-refractivity contribution in [2.45, 2.75) is 29.9 Å². The summed E-state index contributed by atoms with van der Waals surface area (Å²) in [6.07, 6.45) is -0.694. The molecular weight excluding hydrogens is 167 g/mol. The zero-order valence-electron chi connectivity index (χ0n) is 5.30. The van der Waals surface area contributed by atoms with Gasteiger partial charge in [-0.1, -0.05) is 11.6 Å². The van der Waals surface area contributed by atoms with Crippen LogP contribution < -0.4 is 5.73 Å². The first-order chi connectivity index (χ1) is 4.21. The Morgan fingerprint density at radius 3 is 1.80 bits per heavy atom. The first-order valence-corrected chi connectivity index (χ1v) is 3.13. The molecule has 5 heteroatoms. The van der Waals surface area contributed by atoms with E-state index in [0.29, 0.717) is 0 Å². The zero-order valence-corrected chi connectivity index (χ0v) is 6.05. The Kier molecular flexibility index (Phi) is 1.31. The minimum atomic E-state index is -3.47. The second-order valence-electron chi connectivity index (χ2n) is 2.87. The van der Waals surface area contributed by atoms with Crippen LogP contribution in [0.3, 0.4) is 0 Å². The summed E-state index contributed by atoms with van der Waals surface area (Å²) in [5, 5.41) is -3.07. The van der Waals surface area contributed by atoms with Gasteiger partial charge in [-0.2, -0.15) is 0 Å². The molecule has 1 aliphatic rings. The van der Waals surface area contributed by atoms with Gasteiger partial charge >= 0.3 is 0 Å². The molecule has 0 aromatic heterocycles. The van der Waals surface area contributed by atoms with Crippen LogP contribution in [-0.4, -0.2) is 16.6 Å². The molecule has 60 valence electrons. The van der Waals surface area contributed by atoms with Crippen LogP contribution >= 0.6 is 11.6 Å². The number of hydrogen-bond acceptors (Lipinski definition) is 1. The Balaban J connectivity index is 2.85. The van der Waals surface area contributed by atoms with E-state index in [9.17, 15) is 13.2 Å². The largest absolute Gasteiger partial charge is 0.321 e. The Bertz CT molecular complexity index is 150. The summed E-state index contributed by atoms with van der Waals surface area (Å²) in [6, 6.07) is 0. The van der Waals surface area contributed by atoms with Crippen LogP contribution in [0.4, 0.5) is 13.2 Å². The summed E-state index contributed by atoms with van der Waals surface area (Å²) in [5.41, 5.74) is 3.49. The fourth-order valence-corrected chi connectivity index (χ4v) is 1.13. The molecule has 1 nitrogen and oxygen atoms in total. The maximum Gasteiger partial charge on any atom is 0.299 e. The van der Waals surface area contributed by atoms with Gasteiger partial charge in [0.15, 0.2) is 0 Å². The topological polar surface area (TPSA) is 26.0 Å². The SMILES string of the molecule is C[C@@]1(N)CC(F)(F)[C@@]1(F)Cl. The Morgan fingerprint density at radius 1 is 1.40 bits per heavy atom. The molecule has 1 saturated carbocycles. The van der Waals surface area contributed by atoms with Gasteiger partial charge in [0.1, 0.15) is 0 Å². The maximum absolute atomic E-state index is 12.7. The molecule has 0 aromatic carbocycles. The van der Waals surface area contributed by atoms with Crippen molar-refractivity contribution in [2.24, 2.45) is 5.73 Å². The third-order valence-corrected chi connectivity index (χ3v) is 2.47. The van der Waals surface area contributed by atoms with Gasteiger partial charge in [0.25, 0.3) is 11.1 Å². The van der Waals surface area contributed by atoms with E-state index in [0.717, 1.165) is 6.92 Å². The molecule has 1 fully saturated rings. The van der Waals surface area contributed by atoms with Crippen LogP contribution in [0.2, 0.25) is 0 Å². The number of hydrogen-bond donors (Lipinski definition) is 1. The summed E-state index contributed by atoms with van der Waals surface area (Å²) < 4.78 is 37.1. The van der Waals surface area contributed by atoms with Crippen molar-refractivity contribution < 1.29 is 13.2 Å². The van der Waals surface area contributed by atoms with Crippen LogP contribution in [0.5, 0.6) is 0 Å². The highest BCUT2D eigenvalue weighted by molar-refractivity contribution is 6.25. The number of alkyl halides is 4. The van der Waals surface area contributed by atoms with Crippen LogP contribution in [-0.2, 0) is 0 Å². The van der Waals surface area contributed by atoms with Crippen LogP contribution in [0, 0.1) is 0 Å². The summed E-state index contributed by atoms with van der Waals surface area (Å²) in [6.45, 7) is 1.16. The van der Waals surface area contributed by atoms with Crippen molar-refractivity contribution in [3.8, 4) is 0 Å². The second-order valence-corrected chi connectivity index (χ2v) is 3.39. The molecule has 10 heavy (non-hydrogen) atoms. The maximum atomic E-state index is 12.7. The van der Waals surface area contributed by atoms with Crippen LogP contribution in [0.1, 0.15) is 13.3 Å². The molecule has 1 rings (SSSR count). The molecular formula is C5H7ClF3N. The van der Waals surface area contributed by atoms with E-state index >= 15 is 0 Å². The minimum absolute atomic E-state index is 0.694. The van der Waals surface area contributed by atoms with Crippen LogP contribution in [0.25, 0.3) is 0 Å². The fourth-order valence-electron chi connectivity index (χ4n) is 0.994. The average molecular weight is 174 g/mol. The smallest absolute Gasteiger partial charge is 0.299 e. The lowest BCUT2D eigenvalue weighted by atomic mass is 9.73. The van der Waals surface area contributed by atoms with Gasteiger partial charge in [0.2, 0.25) is 0 Å². The first-order valence-electron chi connectivity index (χ1n) is 2.75. The predicted octanol–water partition coefficient (Wildman–Crippen LogP) is 1.65. The Hall–Kier alpha value is 0.0400. The molecule has 0 radical (unpaired) electrons. The average Bonchev–Trinajstić information content (AvgIpc) is 1.61. The molecule has 0 unspecified atom stereocenters. The predicted molar refractivity (Wildman–Crippen MR) is 31.8 cm³/mol. The fraction of sp³-hybridized carbons (Fsp3) is 1.00. The Morgan fingerprint density at radius 2 is 1.80 bits per heavy atom. The van der Waals surface area contributed by atoms with Gasteiger partial charge in [-0.05, 0) is 6.92 Å². The quantitative estimate of drug-likeness (QED) is 0.554. The summed E-state index contributed by atoms with van der Waals surface area (Å²) in [4.78, 5) is 0. The third kappa shape index (κ3) is 0.689. The van der Waals surface area contributed by atoms with Crippen molar-refractivity contribution in [1.82, 2.24) is 0 Å². The summed E-state index contributed by atoms with van der Waals surface area (Å²) in [7, 11) is 0. The number of rotatable bonds is 0. The van der Waals surface area contributed by atoms with E-state index in [1.54, 1.807) is 0 Å². The molecule has 2 N–H and O–H groups in total. The molecule has 0 spiro atoms. The molecule has 0 aliphatic heterocycles. The van der Waals surface area contributed by atoms with Crippen molar-refractivity contribution in [3.05, 3.63) is 0 Å². The van der Waals surface area contributed by atoms with E-state index in [1.807, 2.05) is 0 Å². The van der Waals surface area contributed by atoms with Crippen molar-refractivity contribution in [1.29, 1.82) is 0 Å². The van der Waals surface area contributed by atoms with E-state index < -0.39 is 23.0 Å². The first kappa shape index (κ1) is 8.14. The molecule has 0 aromatic rings. The zero-order chi connectivity index (χ0) is 8.21. The lowest BCUT2D eigenvalue weighted by Crippen LogP contribution is -2.73. The van der Waals surface area contributed by atoms with Crippen molar-refractivity contribution in [3.63, 3.8) is 0 Å². The van der Waals surface area contributed by atoms with Gasteiger partial charge in [0, 0.05) is 6.42 Å². The monoisotopic (exact) mass is 173 g/mol. The highest BCUT2D eigenvalue weighted by atomic mass is 35.5. The van der Waals surface area contributed by atoms with Crippen molar-refractivity contribution >= 4 is 11.6 Å².